The lowest BCUT2D eigenvalue weighted by molar-refractivity contribution is 0.273. The van der Waals surface area contributed by atoms with E-state index in [1.807, 2.05) is 14.0 Å². The average Bonchev–Trinajstić information content (AvgIpc) is 2.59. The van der Waals surface area contributed by atoms with Crippen molar-refractivity contribution in [1.29, 1.82) is 0 Å². The van der Waals surface area contributed by atoms with Gasteiger partial charge in [-0.3, -0.25) is 0 Å². The van der Waals surface area contributed by atoms with Crippen molar-refractivity contribution in [1.82, 2.24) is 10.2 Å². The van der Waals surface area contributed by atoms with Crippen molar-refractivity contribution < 1.29 is 4.42 Å². The van der Waals surface area contributed by atoms with Gasteiger partial charge in [-0.05, 0) is 33.0 Å². The number of hydrogen-bond donors (Lipinski definition) is 1. The molecule has 0 bridgehead atoms. The van der Waals surface area contributed by atoms with E-state index in [2.05, 4.69) is 37.2 Å². The lowest BCUT2D eigenvalue weighted by Crippen LogP contribution is -2.23. The maximum absolute atomic E-state index is 5.70. The van der Waals surface area contributed by atoms with Gasteiger partial charge >= 0.3 is 0 Å². The van der Waals surface area contributed by atoms with Crippen LogP contribution in [0.1, 0.15) is 37.4 Å². The van der Waals surface area contributed by atoms with Crippen LogP contribution in [0.4, 0.5) is 0 Å². The third-order valence-corrected chi connectivity index (χ3v) is 3.18. The maximum Gasteiger partial charge on any atom is 0.118 e. The minimum absolute atomic E-state index is 0.754. The highest BCUT2D eigenvalue weighted by Gasteiger charge is 2.10. The first-order chi connectivity index (χ1) is 8.06. The van der Waals surface area contributed by atoms with Crippen molar-refractivity contribution in [2.75, 3.05) is 20.6 Å². The molecule has 0 amide bonds. The number of rotatable bonds is 7. The van der Waals surface area contributed by atoms with E-state index in [1.165, 1.54) is 12.0 Å². The summed E-state index contributed by atoms with van der Waals surface area (Å²) in [4.78, 5) is 2.37. The molecule has 0 aliphatic carbocycles. The normalized spacial score (nSPS) is 13.3. The standard InChI is InChI=1S/C14H26N2O/c1-6-11(2)9-16(5)10-13-7-14(8-15-4)17-12(13)3/h7,11,15H,6,8-10H2,1-5H3. The van der Waals surface area contributed by atoms with Crippen LogP contribution in [-0.4, -0.2) is 25.5 Å². The fourth-order valence-corrected chi connectivity index (χ4v) is 2.02. The van der Waals surface area contributed by atoms with Gasteiger partial charge < -0.3 is 14.6 Å². The van der Waals surface area contributed by atoms with Gasteiger partial charge in [-0.2, -0.15) is 0 Å². The van der Waals surface area contributed by atoms with Crippen molar-refractivity contribution in [2.24, 2.45) is 5.92 Å². The Hall–Kier alpha value is -0.800. The summed E-state index contributed by atoms with van der Waals surface area (Å²) in [6.45, 7) is 9.51. The van der Waals surface area contributed by atoms with Crippen LogP contribution in [0.25, 0.3) is 0 Å². The SMILES string of the molecule is CCC(C)CN(C)Cc1cc(CNC)oc1C. The minimum Gasteiger partial charge on any atom is -0.465 e. The Morgan fingerprint density at radius 3 is 2.76 bits per heavy atom. The van der Waals surface area contributed by atoms with Gasteiger partial charge in [-0.15, -0.1) is 0 Å². The molecule has 0 aromatic carbocycles. The Kier molecular flexibility index (Phi) is 5.72. The summed E-state index contributed by atoms with van der Waals surface area (Å²) < 4.78 is 5.70. The maximum atomic E-state index is 5.70. The molecule has 3 heteroatoms. The van der Waals surface area contributed by atoms with E-state index in [0.29, 0.717) is 0 Å². The molecule has 17 heavy (non-hydrogen) atoms. The van der Waals surface area contributed by atoms with Gasteiger partial charge in [0.15, 0.2) is 0 Å². The number of aryl methyl sites for hydroxylation is 1. The molecule has 0 fully saturated rings. The average molecular weight is 238 g/mol. The van der Waals surface area contributed by atoms with Gasteiger partial charge in [0.05, 0.1) is 6.54 Å². The van der Waals surface area contributed by atoms with Gasteiger partial charge in [-0.1, -0.05) is 20.3 Å². The number of nitrogens with zero attached hydrogens (tertiary/aromatic N) is 1. The smallest absolute Gasteiger partial charge is 0.118 e. The zero-order valence-electron chi connectivity index (χ0n) is 11.8. The molecule has 1 rings (SSSR count). The van der Waals surface area contributed by atoms with Crippen LogP contribution in [0.3, 0.4) is 0 Å². The van der Waals surface area contributed by atoms with Crippen LogP contribution >= 0.6 is 0 Å². The van der Waals surface area contributed by atoms with Crippen molar-refractivity contribution in [3.63, 3.8) is 0 Å². The Balaban J connectivity index is 2.55. The van der Waals surface area contributed by atoms with E-state index < -0.39 is 0 Å². The molecule has 1 aromatic rings. The highest BCUT2D eigenvalue weighted by Crippen LogP contribution is 2.17. The second-order valence-corrected chi connectivity index (χ2v) is 5.03. The number of nitrogens with one attached hydrogen (secondary N) is 1. The fraction of sp³-hybridized carbons (Fsp3) is 0.714. The summed E-state index contributed by atoms with van der Waals surface area (Å²) in [5.41, 5.74) is 1.31. The lowest BCUT2D eigenvalue weighted by Gasteiger charge is -2.19. The van der Waals surface area contributed by atoms with Crippen LogP contribution in [0.2, 0.25) is 0 Å². The van der Waals surface area contributed by atoms with Crippen LogP contribution in [-0.2, 0) is 13.1 Å². The highest BCUT2D eigenvalue weighted by molar-refractivity contribution is 5.20. The summed E-state index contributed by atoms with van der Waals surface area (Å²) in [6.07, 6.45) is 1.24. The Morgan fingerprint density at radius 2 is 2.18 bits per heavy atom. The summed E-state index contributed by atoms with van der Waals surface area (Å²) in [5, 5.41) is 3.11. The zero-order chi connectivity index (χ0) is 12.8. The van der Waals surface area contributed by atoms with Gasteiger partial charge in [0.2, 0.25) is 0 Å². The second kappa shape index (κ2) is 6.82. The van der Waals surface area contributed by atoms with E-state index in [4.69, 9.17) is 4.42 Å². The van der Waals surface area contributed by atoms with Gasteiger partial charge in [-0.25, -0.2) is 0 Å². The van der Waals surface area contributed by atoms with Crippen molar-refractivity contribution in [2.45, 2.75) is 40.3 Å². The van der Waals surface area contributed by atoms with E-state index in [-0.39, 0.29) is 0 Å². The molecule has 1 N–H and O–H groups in total. The molecular formula is C14H26N2O. The molecule has 0 saturated heterocycles. The van der Waals surface area contributed by atoms with Gasteiger partial charge in [0.25, 0.3) is 0 Å². The third-order valence-electron chi connectivity index (χ3n) is 3.18. The summed E-state index contributed by atoms with van der Waals surface area (Å²) >= 11 is 0. The number of hydrogen-bond acceptors (Lipinski definition) is 3. The topological polar surface area (TPSA) is 28.4 Å². The summed E-state index contributed by atoms with van der Waals surface area (Å²) in [6, 6.07) is 2.17. The van der Waals surface area contributed by atoms with Crippen molar-refractivity contribution in [3.05, 3.63) is 23.2 Å². The van der Waals surface area contributed by atoms with E-state index in [0.717, 1.165) is 37.1 Å². The molecular weight excluding hydrogens is 212 g/mol. The molecule has 1 atom stereocenters. The quantitative estimate of drug-likeness (QED) is 0.792. The number of furan rings is 1. The lowest BCUT2D eigenvalue weighted by atomic mass is 10.1. The Morgan fingerprint density at radius 1 is 1.47 bits per heavy atom. The van der Waals surface area contributed by atoms with E-state index in [9.17, 15) is 0 Å². The van der Waals surface area contributed by atoms with E-state index in [1.54, 1.807) is 0 Å². The Labute approximate surface area is 105 Å². The highest BCUT2D eigenvalue weighted by atomic mass is 16.3. The minimum atomic E-state index is 0.754. The molecule has 0 aliphatic rings. The van der Waals surface area contributed by atoms with Crippen molar-refractivity contribution >= 4 is 0 Å². The zero-order valence-corrected chi connectivity index (χ0v) is 11.8. The molecule has 0 radical (unpaired) electrons. The predicted octanol–water partition coefficient (Wildman–Crippen LogP) is 2.79. The fourth-order valence-electron chi connectivity index (χ4n) is 2.02. The largest absolute Gasteiger partial charge is 0.465 e. The van der Waals surface area contributed by atoms with Gasteiger partial charge in [0.1, 0.15) is 11.5 Å². The summed E-state index contributed by atoms with van der Waals surface area (Å²) in [5.74, 6) is 2.83. The molecule has 0 spiro atoms. The predicted molar refractivity (Wildman–Crippen MR) is 72.0 cm³/mol. The molecule has 1 aromatic heterocycles. The first-order valence-corrected chi connectivity index (χ1v) is 6.48. The monoisotopic (exact) mass is 238 g/mol. The molecule has 1 heterocycles. The van der Waals surface area contributed by atoms with Crippen LogP contribution in [0.15, 0.2) is 10.5 Å². The van der Waals surface area contributed by atoms with Crippen LogP contribution < -0.4 is 5.32 Å². The Bertz CT molecular complexity index is 333. The van der Waals surface area contributed by atoms with Gasteiger partial charge in [0, 0.05) is 18.7 Å². The third kappa shape index (κ3) is 4.52. The second-order valence-electron chi connectivity index (χ2n) is 5.03. The molecule has 0 saturated carbocycles. The van der Waals surface area contributed by atoms with Crippen LogP contribution in [0.5, 0.6) is 0 Å². The van der Waals surface area contributed by atoms with Crippen LogP contribution in [0, 0.1) is 12.8 Å². The first kappa shape index (κ1) is 14.3. The molecule has 1 unspecified atom stereocenters. The molecule has 98 valence electrons. The van der Waals surface area contributed by atoms with E-state index >= 15 is 0 Å². The molecule has 3 nitrogen and oxygen atoms in total. The first-order valence-electron chi connectivity index (χ1n) is 6.48. The molecule has 0 aliphatic heterocycles. The summed E-state index contributed by atoms with van der Waals surface area (Å²) in [7, 11) is 4.11. The van der Waals surface area contributed by atoms with Crippen molar-refractivity contribution in [3.8, 4) is 0 Å².